The zero-order valence-electron chi connectivity index (χ0n) is 17.9. The van der Waals surface area contributed by atoms with E-state index in [2.05, 4.69) is 10.2 Å². The molecule has 0 saturated carbocycles. The minimum atomic E-state index is -0.546. The largest absolute Gasteiger partial charge is 0.468 e. The topological polar surface area (TPSA) is 80.6 Å². The molecule has 4 rings (SSSR count). The van der Waals surface area contributed by atoms with Crippen LogP contribution in [-0.2, 0) is 9.53 Å². The molecular weight excluding hydrogens is 430 g/mol. The molecule has 0 N–H and O–H groups in total. The van der Waals surface area contributed by atoms with Crippen LogP contribution >= 0.6 is 11.6 Å². The number of aromatic nitrogens is 3. The van der Waals surface area contributed by atoms with E-state index in [1.54, 1.807) is 24.0 Å². The van der Waals surface area contributed by atoms with Gasteiger partial charge in [-0.3, -0.25) is 9.69 Å². The minimum Gasteiger partial charge on any atom is -0.468 e. The number of halogens is 1. The minimum absolute atomic E-state index is 0.162. The second kappa shape index (κ2) is 9.50. The summed E-state index contributed by atoms with van der Waals surface area (Å²) in [7, 11) is 1.38. The molecule has 2 heterocycles. The quantitative estimate of drug-likeness (QED) is 0.552. The number of carbonyl (C=O) groups is 2. The van der Waals surface area contributed by atoms with Crippen LogP contribution < -0.4 is 0 Å². The van der Waals surface area contributed by atoms with Crippen molar-refractivity contribution in [1.29, 1.82) is 0 Å². The van der Waals surface area contributed by atoms with Crippen LogP contribution in [0.4, 0.5) is 0 Å². The molecule has 32 heavy (non-hydrogen) atoms. The van der Waals surface area contributed by atoms with Crippen molar-refractivity contribution in [2.75, 3.05) is 33.3 Å². The van der Waals surface area contributed by atoms with Gasteiger partial charge in [-0.2, -0.15) is 9.90 Å². The number of rotatable bonds is 5. The summed E-state index contributed by atoms with van der Waals surface area (Å²) >= 11 is 5.99. The van der Waals surface area contributed by atoms with Crippen LogP contribution in [0.2, 0.25) is 5.02 Å². The van der Waals surface area contributed by atoms with Gasteiger partial charge in [0.25, 0.3) is 5.91 Å². The Hall–Kier alpha value is -3.23. The number of para-hydroxylation sites is 1. The Bertz CT molecular complexity index is 1090. The zero-order valence-corrected chi connectivity index (χ0v) is 18.7. The van der Waals surface area contributed by atoms with Crippen molar-refractivity contribution in [3.8, 4) is 5.69 Å². The summed E-state index contributed by atoms with van der Waals surface area (Å²) in [5.41, 5.74) is 2.52. The van der Waals surface area contributed by atoms with Gasteiger partial charge < -0.3 is 9.64 Å². The lowest BCUT2D eigenvalue weighted by Gasteiger charge is -2.38. The third-order valence-corrected chi connectivity index (χ3v) is 5.80. The van der Waals surface area contributed by atoms with Gasteiger partial charge in [-0.1, -0.05) is 41.9 Å². The molecule has 1 aliphatic heterocycles. The Morgan fingerprint density at radius 3 is 2.25 bits per heavy atom. The van der Waals surface area contributed by atoms with Crippen LogP contribution in [0.5, 0.6) is 0 Å². The van der Waals surface area contributed by atoms with Crippen LogP contribution in [0, 0.1) is 6.92 Å². The maximum atomic E-state index is 13.1. The molecule has 8 nitrogen and oxygen atoms in total. The molecule has 0 spiro atoms. The first-order valence-corrected chi connectivity index (χ1v) is 10.7. The number of esters is 1. The van der Waals surface area contributed by atoms with Crippen molar-refractivity contribution in [1.82, 2.24) is 24.8 Å². The summed E-state index contributed by atoms with van der Waals surface area (Å²) in [6.45, 7) is 3.78. The van der Waals surface area contributed by atoms with E-state index in [4.69, 9.17) is 16.3 Å². The van der Waals surface area contributed by atoms with Crippen LogP contribution in [0.3, 0.4) is 0 Å². The number of piperazine rings is 1. The van der Waals surface area contributed by atoms with E-state index < -0.39 is 6.04 Å². The monoisotopic (exact) mass is 453 g/mol. The van der Waals surface area contributed by atoms with Gasteiger partial charge in [-0.25, -0.2) is 4.79 Å². The first kappa shape index (κ1) is 22.0. The molecule has 0 aliphatic carbocycles. The van der Waals surface area contributed by atoms with Crippen molar-refractivity contribution in [2.24, 2.45) is 0 Å². The molecule has 0 bridgehead atoms. The second-order valence-corrected chi connectivity index (χ2v) is 8.00. The van der Waals surface area contributed by atoms with Gasteiger partial charge in [0.1, 0.15) is 6.04 Å². The number of carbonyl (C=O) groups excluding carboxylic acids is 2. The number of aryl methyl sites for hydroxylation is 1. The normalized spacial score (nSPS) is 15.4. The Balaban J connectivity index is 1.47. The summed E-state index contributed by atoms with van der Waals surface area (Å²) in [6, 6.07) is 16.1. The average Bonchev–Trinajstić information content (AvgIpc) is 3.22. The van der Waals surface area contributed by atoms with Crippen molar-refractivity contribution in [3.05, 3.63) is 76.6 Å². The number of hydrogen-bond donors (Lipinski definition) is 0. The maximum Gasteiger partial charge on any atom is 0.327 e. The smallest absolute Gasteiger partial charge is 0.327 e. The van der Waals surface area contributed by atoms with Crippen LogP contribution in [0.15, 0.2) is 54.6 Å². The SMILES string of the molecule is COC(=O)C(c1ccc(Cl)cc1)N1CCN(C(=O)c2nn(-c3ccccc3)nc2C)CC1. The van der Waals surface area contributed by atoms with E-state index in [0.29, 0.717) is 42.6 Å². The molecule has 1 atom stereocenters. The van der Waals surface area contributed by atoms with Gasteiger partial charge in [0.2, 0.25) is 0 Å². The fourth-order valence-corrected chi connectivity index (χ4v) is 3.96. The molecule has 1 fully saturated rings. The van der Waals surface area contributed by atoms with Gasteiger partial charge in [0.05, 0.1) is 18.5 Å². The summed E-state index contributed by atoms with van der Waals surface area (Å²) in [5.74, 6) is -0.501. The average molecular weight is 454 g/mol. The predicted molar refractivity (Wildman–Crippen MR) is 120 cm³/mol. The first-order valence-electron chi connectivity index (χ1n) is 10.3. The molecule has 0 radical (unpaired) electrons. The number of amides is 1. The number of hydrogen-bond acceptors (Lipinski definition) is 6. The highest BCUT2D eigenvalue weighted by Gasteiger charge is 2.33. The summed E-state index contributed by atoms with van der Waals surface area (Å²) in [6.07, 6.45) is 0. The lowest BCUT2D eigenvalue weighted by molar-refractivity contribution is -0.148. The summed E-state index contributed by atoms with van der Waals surface area (Å²) in [4.78, 5) is 30.9. The number of nitrogens with zero attached hydrogens (tertiary/aromatic N) is 5. The highest BCUT2D eigenvalue weighted by atomic mass is 35.5. The fourth-order valence-electron chi connectivity index (χ4n) is 3.84. The van der Waals surface area contributed by atoms with Crippen LogP contribution in [-0.4, -0.2) is 70.0 Å². The van der Waals surface area contributed by atoms with Crippen molar-refractivity contribution >= 4 is 23.5 Å². The van der Waals surface area contributed by atoms with Gasteiger partial charge in [0.15, 0.2) is 5.69 Å². The summed E-state index contributed by atoms with van der Waals surface area (Å²) in [5, 5.41) is 9.42. The Morgan fingerprint density at radius 2 is 1.62 bits per heavy atom. The number of ether oxygens (including phenoxy) is 1. The van der Waals surface area contributed by atoms with E-state index >= 15 is 0 Å². The molecule has 9 heteroatoms. The third kappa shape index (κ3) is 4.51. The van der Waals surface area contributed by atoms with Gasteiger partial charge in [-0.15, -0.1) is 5.10 Å². The number of methoxy groups -OCH3 is 1. The Morgan fingerprint density at radius 1 is 0.969 bits per heavy atom. The third-order valence-electron chi connectivity index (χ3n) is 5.55. The molecular formula is C23H24ClN5O3. The van der Waals surface area contributed by atoms with Gasteiger partial charge in [0, 0.05) is 31.2 Å². The van der Waals surface area contributed by atoms with Crippen molar-refractivity contribution in [2.45, 2.75) is 13.0 Å². The van der Waals surface area contributed by atoms with Crippen molar-refractivity contribution < 1.29 is 14.3 Å². The highest BCUT2D eigenvalue weighted by molar-refractivity contribution is 6.30. The first-order chi connectivity index (χ1) is 15.5. The maximum absolute atomic E-state index is 13.1. The molecule has 1 saturated heterocycles. The molecule has 1 unspecified atom stereocenters. The molecule has 166 valence electrons. The van der Waals surface area contributed by atoms with E-state index in [1.165, 1.54) is 11.9 Å². The Kier molecular flexibility index (Phi) is 6.53. The molecule has 2 aromatic carbocycles. The second-order valence-electron chi connectivity index (χ2n) is 7.56. The lowest BCUT2D eigenvalue weighted by Crippen LogP contribution is -2.51. The highest BCUT2D eigenvalue weighted by Crippen LogP contribution is 2.25. The van der Waals surface area contributed by atoms with Crippen LogP contribution in [0.1, 0.15) is 27.8 Å². The fraction of sp³-hybridized carbons (Fsp3) is 0.304. The van der Waals surface area contributed by atoms with E-state index in [0.717, 1.165) is 11.3 Å². The Labute approximate surface area is 191 Å². The molecule has 1 aliphatic rings. The van der Waals surface area contributed by atoms with E-state index in [1.807, 2.05) is 47.4 Å². The van der Waals surface area contributed by atoms with Gasteiger partial charge in [-0.05, 0) is 36.8 Å². The predicted octanol–water partition coefficient (Wildman–Crippen LogP) is 2.90. The zero-order chi connectivity index (χ0) is 22.7. The van der Waals surface area contributed by atoms with E-state index in [-0.39, 0.29) is 11.9 Å². The molecule has 3 aromatic rings. The standard InChI is InChI=1S/C23H24ClN5O3/c1-16-20(26-29(25-16)19-6-4-3-5-7-19)22(30)28-14-12-27(13-15-28)21(23(31)32-2)17-8-10-18(24)11-9-17/h3-11,21H,12-15H2,1-2H3. The number of benzene rings is 2. The van der Waals surface area contributed by atoms with E-state index in [9.17, 15) is 9.59 Å². The lowest BCUT2D eigenvalue weighted by atomic mass is 10.0. The summed E-state index contributed by atoms with van der Waals surface area (Å²) < 4.78 is 5.04. The van der Waals surface area contributed by atoms with Crippen LogP contribution in [0.25, 0.3) is 5.69 Å². The van der Waals surface area contributed by atoms with Crippen molar-refractivity contribution in [3.63, 3.8) is 0 Å². The molecule has 1 amide bonds. The van der Waals surface area contributed by atoms with Gasteiger partial charge >= 0.3 is 5.97 Å². The molecule has 1 aromatic heterocycles.